The number of nitrogens with two attached hydrogens (primary N) is 1. The average molecular weight is 179 g/mol. The molecule has 0 radical (unpaired) electrons. The van der Waals surface area contributed by atoms with Gasteiger partial charge in [0.25, 0.3) is 0 Å². The second-order valence-corrected chi connectivity index (χ2v) is 4.24. The lowest BCUT2D eigenvalue weighted by Crippen LogP contribution is -2.24. The molecule has 0 aromatic carbocycles. The number of hydrogen-bond donors (Lipinski definition) is 1. The Labute approximate surface area is 82.1 Å². The Bertz CT molecular complexity index is 162. The number of rotatable bonds is 4. The van der Waals surface area contributed by atoms with Crippen molar-refractivity contribution in [1.82, 2.24) is 0 Å². The molecule has 0 heterocycles. The van der Waals surface area contributed by atoms with Gasteiger partial charge in [-0.05, 0) is 18.8 Å². The quantitative estimate of drug-likeness (QED) is 0.660. The van der Waals surface area contributed by atoms with Gasteiger partial charge < -0.3 is 5.73 Å². The van der Waals surface area contributed by atoms with Gasteiger partial charge in [-0.2, -0.15) is 0 Å². The topological polar surface area (TPSA) is 26.0 Å². The highest BCUT2D eigenvalue weighted by molar-refractivity contribution is 4.85. The van der Waals surface area contributed by atoms with Crippen LogP contribution in [0, 0.1) is 18.3 Å². The van der Waals surface area contributed by atoms with Gasteiger partial charge in [0.1, 0.15) is 0 Å². The monoisotopic (exact) mass is 179 g/mol. The molecule has 0 aromatic rings. The van der Waals surface area contributed by atoms with E-state index in [2.05, 4.69) is 5.92 Å². The van der Waals surface area contributed by atoms with Gasteiger partial charge in [0.05, 0.1) is 0 Å². The van der Waals surface area contributed by atoms with E-state index in [9.17, 15) is 0 Å². The van der Waals surface area contributed by atoms with E-state index in [0.29, 0.717) is 6.04 Å². The molecule has 2 N–H and O–H groups in total. The van der Waals surface area contributed by atoms with Crippen molar-refractivity contribution < 1.29 is 0 Å². The molecule has 74 valence electrons. The highest BCUT2D eigenvalue weighted by atomic mass is 14.6. The van der Waals surface area contributed by atoms with Crippen molar-refractivity contribution in [3.8, 4) is 12.3 Å². The van der Waals surface area contributed by atoms with Gasteiger partial charge in [-0.1, -0.05) is 32.1 Å². The zero-order valence-electron chi connectivity index (χ0n) is 8.47. The van der Waals surface area contributed by atoms with Crippen molar-refractivity contribution in [2.45, 2.75) is 57.4 Å². The summed E-state index contributed by atoms with van der Waals surface area (Å²) in [6, 6.07) is 0.346. The van der Waals surface area contributed by atoms with Crippen molar-refractivity contribution >= 4 is 0 Å². The van der Waals surface area contributed by atoms with E-state index in [-0.39, 0.29) is 0 Å². The van der Waals surface area contributed by atoms with Crippen LogP contribution in [-0.2, 0) is 0 Å². The van der Waals surface area contributed by atoms with E-state index in [0.717, 1.165) is 18.8 Å². The van der Waals surface area contributed by atoms with Crippen molar-refractivity contribution in [3.63, 3.8) is 0 Å². The first kappa shape index (κ1) is 10.6. The summed E-state index contributed by atoms with van der Waals surface area (Å²) in [5.74, 6) is 3.55. The van der Waals surface area contributed by atoms with Gasteiger partial charge in [0, 0.05) is 12.5 Å². The standard InChI is InChI=1S/C12H21N/c1-2-3-9-12(13)10-11-7-5-4-6-8-11/h1,11-12H,3-10,13H2. The minimum atomic E-state index is 0.346. The van der Waals surface area contributed by atoms with Crippen LogP contribution in [0.5, 0.6) is 0 Å². The van der Waals surface area contributed by atoms with Crippen LogP contribution in [-0.4, -0.2) is 6.04 Å². The molecule has 0 aromatic heterocycles. The lowest BCUT2D eigenvalue weighted by atomic mass is 9.84. The van der Waals surface area contributed by atoms with E-state index < -0.39 is 0 Å². The third-order valence-electron chi connectivity index (χ3n) is 3.02. The molecule has 0 amide bonds. The second kappa shape index (κ2) is 6.05. The first-order valence-corrected chi connectivity index (χ1v) is 5.52. The molecule has 0 bridgehead atoms. The van der Waals surface area contributed by atoms with E-state index in [1.165, 1.54) is 38.5 Å². The van der Waals surface area contributed by atoms with E-state index in [4.69, 9.17) is 12.2 Å². The van der Waals surface area contributed by atoms with Crippen LogP contribution < -0.4 is 5.73 Å². The summed E-state index contributed by atoms with van der Waals surface area (Å²) >= 11 is 0. The Morgan fingerprint density at radius 2 is 2.00 bits per heavy atom. The van der Waals surface area contributed by atoms with Gasteiger partial charge in [-0.3, -0.25) is 0 Å². The Hall–Kier alpha value is -0.480. The molecule has 1 aliphatic carbocycles. The maximum Gasteiger partial charge on any atom is 0.0101 e. The Kier molecular flexibility index (Phi) is 4.93. The van der Waals surface area contributed by atoms with E-state index in [1.807, 2.05) is 0 Å². The minimum absolute atomic E-state index is 0.346. The fraction of sp³-hybridized carbons (Fsp3) is 0.833. The molecule has 0 saturated heterocycles. The fourth-order valence-corrected chi connectivity index (χ4v) is 2.24. The lowest BCUT2D eigenvalue weighted by molar-refractivity contribution is 0.313. The number of hydrogen-bond acceptors (Lipinski definition) is 1. The molecule has 1 fully saturated rings. The summed E-state index contributed by atoms with van der Waals surface area (Å²) in [4.78, 5) is 0. The lowest BCUT2D eigenvalue weighted by Gasteiger charge is -2.24. The molecule has 1 atom stereocenters. The SMILES string of the molecule is C#CCCC(N)CC1CCCCC1. The molecule has 1 nitrogen and oxygen atoms in total. The summed E-state index contributed by atoms with van der Waals surface area (Å²) in [7, 11) is 0. The summed E-state index contributed by atoms with van der Waals surface area (Å²) in [5.41, 5.74) is 6.00. The van der Waals surface area contributed by atoms with Gasteiger partial charge in [0.2, 0.25) is 0 Å². The molecule has 13 heavy (non-hydrogen) atoms. The molecule has 1 heteroatoms. The second-order valence-electron chi connectivity index (χ2n) is 4.24. The van der Waals surface area contributed by atoms with Crippen LogP contribution in [0.4, 0.5) is 0 Å². The van der Waals surface area contributed by atoms with Crippen LogP contribution in [0.1, 0.15) is 51.4 Å². The smallest absolute Gasteiger partial charge is 0.0101 e. The summed E-state index contributed by atoms with van der Waals surface area (Å²) in [6.07, 6.45) is 15.3. The first-order chi connectivity index (χ1) is 6.33. The van der Waals surface area contributed by atoms with Crippen LogP contribution >= 0.6 is 0 Å². The first-order valence-electron chi connectivity index (χ1n) is 5.52. The van der Waals surface area contributed by atoms with Gasteiger partial charge in [-0.25, -0.2) is 0 Å². The third-order valence-corrected chi connectivity index (χ3v) is 3.02. The maximum atomic E-state index is 6.00. The summed E-state index contributed by atoms with van der Waals surface area (Å²) in [5, 5.41) is 0. The molecule has 1 unspecified atom stereocenters. The highest BCUT2D eigenvalue weighted by Crippen LogP contribution is 2.27. The number of terminal acetylenes is 1. The molecule has 1 saturated carbocycles. The molecule has 0 spiro atoms. The molecule has 0 aliphatic heterocycles. The van der Waals surface area contributed by atoms with Gasteiger partial charge in [0.15, 0.2) is 0 Å². The van der Waals surface area contributed by atoms with Crippen molar-refractivity contribution in [2.24, 2.45) is 11.7 Å². The maximum absolute atomic E-state index is 6.00. The van der Waals surface area contributed by atoms with E-state index in [1.54, 1.807) is 0 Å². The normalized spacial score (nSPS) is 20.9. The Morgan fingerprint density at radius 1 is 1.31 bits per heavy atom. The molecule has 1 aliphatic rings. The van der Waals surface area contributed by atoms with Gasteiger partial charge in [-0.15, -0.1) is 12.3 Å². The predicted octanol–water partition coefficient (Wildman–Crippen LogP) is 2.70. The Morgan fingerprint density at radius 3 is 2.62 bits per heavy atom. The summed E-state index contributed by atoms with van der Waals surface area (Å²) in [6.45, 7) is 0. The third kappa shape index (κ3) is 4.33. The van der Waals surface area contributed by atoms with Crippen LogP contribution in [0.15, 0.2) is 0 Å². The largest absolute Gasteiger partial charge is 0.328 e. The van der Waals surface area contributed by atoms with Crippen molar-refractivity contribution in [3.05, 3.63) is 0 Å². The van der Waals surface area contributed by atoms with Crippen molar-refractivity contribution in [1.29, 1.82) is 0 Å². The molecular weight excluding hydrogens is 158 g/mol. The zero-order chi connectivity index (χ0) is 9.52. The highest BCUT2D eigenvalue weighted by Gasteiger charge is 2.15. The zero-order valence-corrected chi connectivity index (χ0v) is 8.47. The van der Waals surface area contributed by atoms with Gasteiger partial charge >= 0.3 is 0 Å². The summed E-state index contributed by atoms with van der Waals surface area (Å²) < 4.78 is 0. The van der Waals surface area contributed by atoms with Crippen LogP contribution in [0.25, 0.3) is 0 Å². The van der Waals surface area contributed by atoms with Crippen LogP contribution in [0.2, 0.25) is 0 Å². The van der Waals surface area contributed by atoms with Crippen LogP contribution in [0.3, 0.4) is 0 Å². The minimum Gasteiger partial charge on any atom is -0.328 e. The van der Waals surface area contributed by atoms with E-state index >= 15 is 0 Å². The molecule has 1 rings (SSSR count). The fourth-order valence-electron chi connectivity index (χ4n) is 2.24. The average Bonchev–Trinajstić information content (AvgIpc) is 2.16. The Balaban J connectivity index is 2.11. The molecular formula is C12H21N. The van der Waals surface area contributed by atoms with Crippen molar-refractivity contribution in [2.75, 3.05) is 0 Å². The predicted molar refractivity (Wildman–Crippen MR) is 57.2 cm³/mol.